The van der Waals surface area contributed by atoms with Gasteiger partial charge in [-0.2, -0.15) is 5.10 Å². The second kappa shape index (κ2) is 10.2. The molecular formula is C19H29Cl2N5O2S. The molecule has 29 heavy (non-hydrogen) atoms. The molecule has 0 aliphatic carbocycles. The average Bonchev–Trinajstić information content (AvgIpc) is 3.23. The SMILES string of the molecule is Cc1nc(C)n(CCCNC(=O)c2cc3c(s2)C2(CCNCC2)OCC3)n1.Cl.Cl. The fourth-order valence-electron chi connectivity index (χ4n) is 4.03. The minimum atomic E-state index is -0.176. The van der Waals surface area contributed by atoms with Crippen molar-refractivity contribution in [1.82, 2.24) is 25.4 Å². The number of ether oxygens (including phenoxy) is 1. The third-order valence-electron chi connectivity index (χ3n) is 5.40. The van der Waals surface area contributed by atoms with Gasteiger partial charge in [-0.15, -0.1) is 36.2 Å². The van der Waals surface area contributed by atoms with Gasteiger partial charge in [-0.3, -0.25) is 9.48 Å². The molecule has 1 amide bonds. The van der Waals surface area contributed by atoms with Crippen LogP contribution in [0, 0.1) is 13.8 Å². The molecule has 10 heteroatoms. The number of piperidine rings is 1. The molecule has 0 unspecified atom stereocenters. The summed E-state index contributed by atoms with van der Waals surface area (Å²) in [5.41, 5.74) is 1.12. The number of nitrogens with one attached hydrogen (secondary N) is 2. The maximum Gasteiger partial charge on any atom is 0.261 e. The molecule has 2 N–H and O–H groups in total. The minimum Gasteiger partial charge on any atom is -0.369 e. The van der Waals surface area contributed by atoms with Crippen LogP contribution in [0.5, 0.6) is 0 Å². The number of nitrogens with zero attached hydrogens (tertiary/aromatic N) is 3. The molecule has 1 spiro atoms. The van der Waals surface area contributed by atoms with E-state index in [1.807, 2.05) is 18.5 Å². The summed E-state index contributed by atoms with van der Waals surface area (Å²) in [6.45, 7) is 7.93. The van der Waals surface area contributed by atoms with E-state index in [1.165, 1.54) is 10.4 Å². The van der Waals surface area contributed by atoms with Gasteiger partial charge in [0, 0.05) is 18.0 Å². The summed E-state index contributed by atoms with van der Waals surface area (Å²) in [5, 5.41) is 10.8. The highest BCUT2D eigenvalue weighted by molar-refractivity contribution is 7.14. The van der Waals surface area contributed by atoms with Crippen molar-refractivity contribution >= 4 is 42.1 Å². The summed E-state index contributed by atoms with van der Waals surface area (Å²) in [5.74, 6) is 1.72. The Morgan fingerprint density at radius 1 is 1.34 bits per heavy atom. The lowest BCUT2D eigenvalue weighted by molar-refractivity contribution is -0.0771. The number of fused-ring (bicyclic) bond motifs is 2. The predicted molar refractivity (Wildman–Crippen MR) is 119 cm³/mol. The fourth-order valence-corrected chi connectivity index (χ4v) is 5.35. The van der Waals surface area contributed by atoms with Crippen LogP contribution in [-0.2, 0) is 23.3 Å². The lowest BCUT2D eigenvalue weighted by atomic mass is 9.86. The third-order valence-corrected chi connectivity index (χ3v) is 6.76. The molecule has 1 fully saturated rings. The molecule has 162 valence electrons. The van der Waals surface area contributed by atoms with Crippen LogP contribution in [0.2, 0.25) is 0 Å². The molecule has 2 aliphatic rings. The van der Waals surface area contributed by atoms with Gasteiger partial charge in [0.1, 0.15) is 17.2 Å². The van der Waals surface area contributed by atoms with Crippen molar-refractivity contribution in [3.63, 3.8) is 0 Å². The van der Waals surface area contributed by atoms with E-state index in [4.69, 9.17) is 4.74 Å². The van der Waals surface area contributed by atoms with Crippen LogP contribution in [0.4, 0.5) is 0 Å². The van der Waals surface area contributed by atoms with Crippen LogP contribution in [0.15, 0.2) is 6.07 Å². The van der Waals surface area contributed by atoms with Crippen LogP contribution in [0.25, 0.3) is 0 Å². The van der Waals surface area contributed by atoms with Gasteiger partial charge in [0.05, 0.1) is 11.5 Å². The van der Waals surface area contributed by atoms with Gasteiger partial charge >= 0.3 is 0 Å². The van der Waals surface area contributed by atoms with E-state index in [0.717, 1.165) is 68.5 Å². The standard InChI is InChI=1S/C19H27N5O2S.2ClH/c1-13-22-14(2)24(23-13)10-3-7-21-18(25)16-12-15-4-11-26-19(17(15)27-16)5-8-20-9-6-19;;/h12,20H,3-11H2,1-2H3,(H,21,25);2*1H. The van der Waals surface area contributed by atoms with Gasteiger partial charge in [-0.25, -0.2) is 4.98 Å². The first-order valence-corrected chi connectivity index (χ1v) is 10.5. The Morgan fingerprint density at radius 3 is 2.79 bits per heavy atom. The Bertz CT molecular complexity index is 833. The van der Waals surface area contributed by atoms with Gasteiger partial charge in [0.2, 0.25) is 0 Å². The molecule has 2 aliphatic heterocycles. The Kier molecular flexibility index (Phi) is 8.48. The van der Waals surface area contributed by atoms with Gasteiger partial charge in [-0.1, -0.05) is 0 Å². The van der Waals surface area contributed by atoms with Crippen molar-refractivity contribution in [2.24, 2.45) is 0 Å². The van der Waals surface area contributed by atoms with Gasteiger partial charge < -0.3 is 15.4 Å². The number of thiophene rings is 1. The molecule has 0 radical (unpaired) electrons. The number of hydrogen-bond donors (Lipinski definition) is 2. The monoisotopic (exact) mass is 461 g/mol. The van der Waals surface area contributed by atoms with E-state index < -0.39 is 0 Å². The summed E-state index contributed by atoms with van der Waals surface area (Å²) in [6, 6.07) is 2.08. The van der Waals surface area contributed by atoms with Crippen molar-refractivity contribution in [2.45, 2.75) is 51.7 Å². The fraction of sp³-hybridized carbons (Fsp3) is 0.632. The molecule has 1 saturated heterocycles. The van der Waals surface area contributed by atoms with E-state index in [9.17, 15) is 4.79 Å². The molecule has 0 aromatic carbocycles. The first kappa shape index (κ1) is 24.1. The van der Waals surface area contributed by atoms with E-state index >= 15 is 0 Å². The summed E-state index contributed by atoms with van der Waals surface area (Å²) < 4.78 is 8.10. The maximum atomic E-state index is 12.6. The van der Waals surface area contributed by atoms with Crippen LogP contribution in [0.1, 0.15) is 51.0 Å². The Labute approximate surface area is 187 Å². The van der Waals surface area contributed by atoms with Crippen molar-refractivity contribution in [3.8, 4) is 0 Å². The average molecular weight is 462 g/mol. The van der Waals surface area contributed by atoms with Crippen molar-refractivity contribution in [3.05, 3.63) is 33.0 Å². The largest absolute Gasteiger partial charge is 0.369 e. The topological polar surface area (TPSA) is 81.1 Å². The number of aromatic nitrogens is 3. The van der Waals surface area contributed by atoms with Gasteiger partial charge in [-0.05, 0) is 64.3 Å². The number of carbonyl (C=O) groups is 1. The highest BCUT2D eigenvalue weighted by Crippen LogP contribution is 2.44. The molecule has 7 nitrogen and oxygen atoms in total. The van der Waals surface area contributed by atoms with Crippen molar-refractivity contribution in [2.75, 3.05) is 26.2 Å². The smallest absolute Gasteiger partial charge is 0.261 e. The Balaban J connectivity index is 0.00000150. The van der Waals surface area contributed by atoms with E-state index in [1.54, 1.807) is 11.3 Å². The molecule has 4 heterocycles. The van der Waals surface area contributed by atoms with Gasteiger partial charge in [0.15, 0.2) is 0 Å². The van der Waals surface area contributed by atoms with E-state index in [-0.39, 0.29) is 36.3 Å². The molecule has 2 aromatic rings. The second-order valence-electron chi connectivity index (χ2n) is 7.35. The molecule has 0 atom stereocenters. The zero-order valence-electron chi connectivity index (χ0n) is 16.8. The normalized spacial score (nSPS) is 17.2. The number of rotatable bonds is 5. The Hall–Kier alpha value is -1.19. The minimum absolute atomic E-state index is 0. The van der Waals surface area contributed by atoms with Crippen molar-refractivity contribution in [1.29, 1.82) is 0 Å². The molecule has 2 aromatic heterocycles. The molecule has 0 saturated carbocycles. The van der Waals surface area contributed by atoms with E-state index in [2.05, 4.69) is 26.8 Å². The number of hydrogen-bond acceptors (Lipinski definition) is 6. The van der Waals surface area contributed by atoms with Crippen LogP contribution >= 0.6 is 36.2 Å². The number of amides is 1. The second-order valence-corrected chi connectivity index (χ2v) is 8.40. The number of aryl methyl sites for hydroxylation is 3. The van der Waals surface area contributed by atoms with Gasteiger partial charge in [0.25, 0.3) is 5.91 Å². The summed E-state index contributed by atoms with van der Waals surface area (Å²) in [6.07, 6.45) is 3.70. The first-order valence-electron chi connectivity index (χ1n) is 9.71. The summed E-state index contributed by atoms with van der Waals surface area (Å²) in [7, 11) is 0. The third kappa shape index (κ3) is 5.11. The zero-order chi connectivity index (χ0) is 18.9. The number of halogens is 2. The highest BCUT2D eigenvalue weighted by atomic mass is 35.5. The van der Waals surface area contributed by atoms with Crippen LogP contribution in [-0.4, -0.2) is 46.9 Å². The van der Waals surface area contributed by atoms with Crippen LogP contribution in [0.3, 0.4) is 0 Å². The lowest BCUT2D eigenvalue weighted by Crippen LogP contribution is -2.43. The highest BCUT2D eigenvalue weighted by Gasteiger charge is 2.41. The predicted octanol–water partition coefficient (Wildman–Crippen LogP) is 2.77. The molecule has 4 rings (SSSR count). The van der Waals surface area contributed by atoms with Crippen molar-refractivity contribution < 1.29 is 9.53 Å². The van der Waals surface area contributed by atoms with E-state index in [0.29, 0.717) is 6.54 Å². The van der Waals surface area contributed by atoms with Crippen LogP contribution < -0.4 is 10.6 Å². The maximum absolute atomic E-state index is 12.6. The number of carbonyl (C=O) groups excluding carboxylic acids is 1. The Morgan fingerprint density at radius 2 is 2.10 bits per heavy atom. The quantitative estimate of drug-likeness (QED) is 0.668. The zero-order valence-corrected chi connectivity index (χ0v) is 19.3. The lowest BCUT2D eigenvalue weighted by Gasteiger charge is -2.40. The summed E-state index contributed by atoms with van der Waals surface area (Å²) in [4.78, 5) is 19.0. The first-order chi connectivity index (χ1) is 13.1. The summed E-state index contributed by atoms with van der Waals surface area (Å²) >= 11 is 1.62. The molecule has 0 bridgehead atoms. The molecular weight excluding hydrogens is 433 g/mol.